The number of amides is 3. The summed E-state index contributed by atoms with van der Waals surface area (Å²) < 4.78 is 16.7. The Morgan fingerprint density at radius 1 is 0.780 bits per heavy atom. The summed E-state index contributed by atoms with van der Waals surface area (Å²) in [6, 6.07) is 15.7. The zero-order chi connectivity index (χ0) is 39.2. The van der Waals surface area contributed by atoms with Crippen LogP contribution in [-0.4, -0.2) is 86.3 Å². The van der Waals surface area contributed by atoms with Gasteiger partial charge in [0.05, 0.1) is 49.1 Å². The highest BCUT2D eigenvalue weighted by Crippen LogP contribution is 2.36. The minimum Gasteiger partial charge on any atom is -0.453 e. The molecule has 2 bridgehead atoms. The summed E-state index contributed by atoms with van der Waals surface area (Å²) in [6.07, 6.45) is 9.76. The van der Waals surface area contributed by atoms with Crippen LogP contribution in [0.4, 0.5) is 9.59 Å². The topological polar surface area (TPSA) is 155 Å². The Kier molecular flexibility index (Phi) is 17.3. The molecule has 16 heteroatoms. The lowest BCUT2D eigenvalue weighted by molar-refractivity contribution is -0.134. The number of carbonyl (C=O) groups is 3. The van der Waals surface area contributed by atoms with Crippen LogP contribution in [0.5, 0.6) is 0 Å². The van der Waals surface area contributed by atoms with Crippen molar-refractivity contribution in [3.05, 3.63) is 72.1 Å². The number of imidazole rings is 2. The quantitative estimate of drug-likeness (QED) is 0.180. The summed E-state index contributed by atoms with van der Waals surface area (Å²) >= 11 is 0. The van der Waals surface area contributed by atoms with E-state index >= 15 is 0 Å². The van der Waals surface area contributed by atoms with Crippen molar-refractivity contribution in [2.45, 2.75) is 115 Å². The van der Waals surface area contributed by atoms with Crippen LogP contribution < -0.4 is 5.32 Å². The number of alkyl carbamates (subject to hydrolysis) is 1. The summed E-state index contributed by atoms with van der Waals surface area (Å²) in [5.74, 6) is 1.41. The second-order valence-corrected chi connectivity index (χ2v) is 16.1. The number of fused-ring (bicyclic) bond motifs is 4. The van der Waals surface area contributed by atoms with Crippen molar-refractivity contribution in [2.24, 2.45) is 0 Å². The highest BCUT2D eigenvalue weighted by molar-refractivity contribution is 7.59. The number of hydrogen-bond acceptors (Lipinski definition) is 8. The molecule has 0 aliphatic carbocycles. The van der Waals surface area contributed by atoms with Crippen molar-refractivity contribution < 1.29 is 28.6 Å². The second-order valence-electron chi connectivity index (χ2n) is 16.1. The fraction of sp³-hybridized carbons (Fsp3) is 0.512. The van der Waals surface area contributed by atoms with Crippen LogP contribution >= 0.6 is 40.5 Å². The number of likely N-dealkylation sites (tertiary alicyclic amines) is 1. The largest absolute Gasteiger partial charge is 0.453 e. The molecule has 2 aromatic heterocycles. The van der Waals surface area contributed by atoms with Gasteiger partial charge in [0.1, 0.15) is 23.3 Å². The van der Waals surface area contributed by atoms with Crippen LogP contribution in [0.1, 0.15) is 114 Å². The molecular weight excluding hydrogens is 807 g/mol. The Hall–Kier alpha value is -4.12. The molecule has 0 unspecified atom stereocenters. The Labute approximate surface area is 368 Å². The van der Waals surface area contributed by atoms with E-state index in [-0.39, 0.29) is 64.6 Å². The third kappa shape index (κ3) is 11.6. The van der Waals surface area contributed by atoms with Crippen molar-refractivity contribution >= 4 is 58.6 Å². The predicted molar refractivity (Wildman–Crippen MR) is 243 cm³/mol. The van der Waals surface area contributed by atoms with E-state index in [1.165, 1.54) is 7.11 Å². The number of H-pyrrole nitrogens is 2. The first-order valence-corrected chi connectivity index (χ1v) is 20.1. The average molecular weight is 868 g/mol. The molecule has 2 saturated heterocycles. The average Bonchev–Trinajstić information content (AvgIpc) is 4.02. The lowest BCUT2D eigenvalue weighted by atomic mass is 10.0. The van der Waals surface area contributed by atoms with Crippen molar-refractivity contribution in [3.8, 4) is 33.6 Å². The second kappa shape index (κ2) is 21.4. The van der Waals surface area contributed by atoms with E-state index in [0.717, 1.165) is 109 Å². The fourth-order valence-electron chi connectivity index (χ4n) is 8.07. The van der Waals surface area contributed by atoms with E-state index in [0.29, 0.717) is 32.7 Å². The fourth-order valence-corrected chi connectivity index (χ4v) is 8.07. The molecule has 3 aliphatic rings. The molecule has 2 aromatic carbocycles. The molecule has 3 amide bonds. The first kappa shape index (κ1) is 47.6. The van der Waals surface area contributed by atoms with Crippen molar-refractivity contribution in [3.63, 3.8) is 0 Å². The number of aromatic amines is 2. The lowest BCUT2D eigenvalue weighted by Crippen LogP contribution is -2.48. The summed E-state index contributed by atoms with van der Waals surface area (Å²) in [4.78, 5) is 59.4. The molecule has 4 aromatic rings. The van der Waals surface area contributed by atoms with E-state index < -0.39 is 17.7 Å². The molecule has 2 fully saturated rings. The molecule has 0 spiro atoms. The molecule has 5 heterocycles. The molecule has 0 saturated carbocycles. The number of nitrogens with zero attached hydrogens (tertiary/aromatic N) is 4. The molecule has 322 valence electrons. The molecule has 59 heavy (non-hydrogen) atoms. The summed E-state index contributed by atoms with van der Waals surface area (Å²) in [6.45, 7) is 7.96. The predicted octanol–water partition coefficient (Wildman–Crippen LogP) is 8.80. The maximum absolute atomic E-state index is 13.9. The third-order valence-corrected chi connectivity index (χ3v) is 10.9. The van der Waals surface area contributed by atoms with Crippen LogP contribution in [0.2, 0.25) is 0 Å². The number of nitrogens with one attached hydrogen (secondary N) is 3. The lowest BCUT2D eigenvalue weighted by Gasteiger charge is -2.28. The minimum absolute atomic E-state index is 0. The van der Waals surface area contributed by atoms with Gasteiger partial charge >= 0.3 is 12.2 Å². The third-order valence-electron chi connectivity index (χ3n) is 10.9. The van der Waals surface area contributed by atoms with Crippen LogP contribution in [0.3, 0.4) is 0 Å². The summed E-state index contributed by atoms with van der Waals surface area (Å²) in [5.41, 5.74) is 6.16. The monoisotopic (exact) mass is 867 g/mol. The van der Waals surface area contributed by atoms with E-state index in [1.54, 1.807) is 4.90 Å². The van der Waals surface area contributed by atoms with Gasteiger partial charge in [0.25, 0.3) is 0 Å². The van der Waals surface area contributed by atoms with E-state index in [9.17, 15) is 14.4 Å². The summed E-state index contributed by atoms with van der Waals surface area (Å²) in [5, 5.41) is 2.80. The van der Waals surface area contributed by atoms with E-state index in [4.69, 9.17) is 19.2 Å². The maximum atomic E-state index is 13.9. The number of hydrogen-bond donors (Lipinski definition) is 3. The molecule has 0 radical (unpaired) electrons. The van der Waals surface area contributed by atoms with Gasteiger partial charge in [0.2, 0.25) is 5.91 Å². The Bertz CT molecular complexity index is 1980. The van der Waals surface area contributed by atoms with Crippen LogP contribution in [-0.2, 0) is 25.6 Å². The van der Waals surface area contributed by atoms with Crippen LogP contribution in [0.15, 0.2) is 54.7 Å². The normalized spacial score (nSPS) is 20.1. The van der Waals surface area contributed by atoms with Gasteiger partial charge < -0.3 is 34.4 Å². The van der Waals surface area contributed by atoms with Crippen molar-refractivity contribution in [1.29, 1.82) is 0 Å². The summed E-state index contributed by atoms with van der Waals surface area (Å²) in [7, 11) is 1.32. The zero-order valence-corrected chi connectivity index (χ0v) is 37.6. The highest BCUT2D eigenvalue weighted by Gasteiger charge is 2.37. The Morgan fingerprint density at radius 2 is 1.41 bits per heavy atom. The molecule has 3 atom stereocenters. The van der Waals surface area contributed by atoms with Gasteiger partial charge in [0, 0.05) is 25.3 Å². The zero-order valence-electron chi connectivity index (χ0n) is 34.6. The number of carbonyl (C=O) groups excluding carboxylic acids is 3. The van der Waals surface area contributed by atoms with Gasteiger partial charge in [-0.25, -0.2) is 19.6 Å². The Morgan fingerprint density at radius 3 is 2.10 bits per heavy atom. The smallest absolute Gasteiger partial charge is 0.410 e. The van der Waals surface area contributed by atoms with Crippen molar-refractivity contribution in [2.75, 3.05) is 26.8 Å². The van der Waals surface area contributed by atoms with Crippen LogP contribution in [0.25, 0.3) is 33.6 Å². The maximum Gasteiger partial charge on any atom is 0.410 e. The van der Waals surface area contributed by atoms with Crippen LogP contribution in [0, 0.1) is 0 Å². The Balaban J connectivity index is 0.00000256. The number of ether oxygens (including phenoxy) is 3. The molecule has 3 N–H and O–H groups in total. The SMILES string of the molecule is COC(=O)N[C@H]1CCCCCCCOCc2[nH]c(nc2-c2ccc(-c3ccc(-c4cnc([C@@H]5CCCN5C(=O)OC(C)(C)C)[nH]4)cc3)cc2)[C@@H]2CCCN2C1=O.S.S.S. The van der Waals surface area contributed by atoms with E-state index in [2.05, 4.69) is 68.8 Å². The van der Waals surface area contributed by atoms with E-state index in [1.807, 2.05) is 31.9 Å². The van der Waals surface area contributed by atoms with Gasteiger partial charge in [0.15, 0.2) is 0 Å². The molecule has 13 nitrogen and oxygen atoms in total. The number of aromatic nitrogens is 4. The van der Waals surface area contributed by atoms with Gasteiger partial charge in [-0.15, -0.1) is 0 Å². The van der Waals surface area contributed by atoms with Crippen molar-refractivity contribution in [1.82, 2.24) is 35.1 Å². The first-order chi connectivity index (χ1) is 27.1. The number of methoxy groups -OCH3 is 1. The standard InChI is InChI=1S/C43H55N7O6.3H2S/c1-43(2,3)56-42(53)50-24-11-13-35(50)38-44-26-33(45-38)30-19-15-28(16-20-30)29-17-21-31(22-18-29)37-34-27-55-25-9-7-5-6-8-12-32(47-41(52)54-4)40(51)49-23-10-14-36(49)39(46-34)48-37;;;/h15-22,26,32,35-36H,5-14,23-25,27H2,1-4H3,(H,44,45)(H,46,48)(H,47,52);3*1H2/t32-,35-,36-;;;/m0.../s1. The number of benzene rings is 2. The van der Waals surface area contributed by atoms with Gasteiger partial charge in [-0.1, -0.05) is 74.2 Å². The molecular formula is C43H61N7O6S3. The molecule has 3 aliphatic heterocycles. The van der Waals surface area contributed by atoms with Gasteiger partial charge in [-0.2, -0.15) is 40.5 Å². The molecule has 7 rings (SSSR count). The minimum atomic E-state index is -0.638. The number of rotatable bonds is 5. The first-order valence-electron chi connectivity index (χ1n) is 20.1. The highest BCUT2D eigenvalue weighted by atomic mass is 32.1. The van der Waals surface area contributed by atoms with Gasteiger partial charge in [-0.05, 0) is 76.0 Å². The van der Waals surface area contributed by atoms with Gasteiger partial charge in [-0.3, -0.25) is 9.69 Å².